The quantitative estimate of drug-likeness (QED) is 0.318. The lowest BCUT2D eigenvalue weighted by Crippen LogP contribution is -2.59. The molecule has 3 aromatic heterocycles. The van der Waals surface area contributed by atoms with Crippen LogP contribution in [0.1, 0.15) is 18.7 Å². The molecule has 11 heteroatoms. The number of morpholine rings is 1. The summed E-state index contributed by atoms with van der Waals surface area (Å²) in [5.74, 6) is 2.48. The predicted octanol–water partition coefficient (Wildman–Crippen LogP) is 3.98. The zero-order chi connectivity index (χ0) is 29.1. The number of hydrogen-bond donors (Lipinski definition) is 2. The SMILES string of the molecule is CNC(=O)C(C)(C)N1CCN(Cc2cc3nc(-c4ccc(Nc5ccccc5)nc4)nc(N4CCOCC4)c3s2)CC1. The number of carbonyl (C=O) groups excluding carboxylic acids is 1. The molecule has 2 aliphatic heterocycles. The zero-order valence-electron chi connectivity index (χ0n) is 24.5. The molecule has 0 spiro atoms. The Morgan fingerprint density at radius 1 is 1.00 bits per heavy atom. The number of nitrogens with one attached hydrogen (secondary N) is 2. The molecule has 6 rings (SSSR count). The van der Waals surface area contributed by atoms with Crippen molar-refractivity contribution < 1.29 is 9.53 Å². The molecule has 0 unspecified atom stereocenters. The number of thiophene rings is 1. The monoisotopic (exact) mass is 586 g/mol. The Kier molecular flexibility index (Phi) is 8.34. The first-order chi connectivity index (χ1) is 20.4. The van der Waals surface area contributed by atoms with Crippen LogP contribution < -0.4 is 15.5 Å². The van der Waals surface area contributed by atoms with Crippen LogP contribution in [0.4, 0.5) is 17.3 Å². The van der Waals surface area contributed by atoms with Crippen molar-refractivity contribution in [3.05, 3.63) is 59.6 Å². The van der Waals surface area contributed by atoms with Gasteiger partial charge < -0.3 is 20.3 Å². The summed E-state index contributed by atoms with van der Waals surface area (Å²) < 4.78 is 6.75. The number of pyridine rings is 1. The van der Waals surface area contributed by atoms with Gasteiger partial charge in [0.25, 0.3) is 0 Å². The van der Waals surface area contributed by atoms with Crippen molar-refractivity contribution >= 4 is 44.8 Å². The zero-order valence-corrected chi connectivity index (χ0v) is 25.3. The van der Waals surface area contributed by atoms with Gasteiger partial charge in [-0.2, -0.15) is 0 Å². The highest BCUT2D eigenvalue weighted by Crippen LogP contribution is 2.35. The molecular weight excluding hydrogens is 548 g/mol. The van der Waals surface area contributed by atoms with E-state index in [1.807, 2.05) is 62.5 Å². The molecule has 5 heterocycles. The minimum absolute atomic E-state index is 0.0581. The highest BCUT2D eigenvalue weighted by atomic mass is 32.1. The second kappa shape index (κ2) is 12.3. The van der Waals surface area contributed by atoms with E-state index in [0.29, 0.717) is 19.0 Å². The number of aromatic nitrogens is 3. The van der Waals surface area contributed by atoms with Gasteiger partial charge in [-0.3, -0.25) is 14.6 Å². The fraction of sp³-hybridized carbons (Fsp3) is 0.419. The molecule has 42 heavy (non-hydrogen) atoms. The number of nitrogens with zero attached hydrogens (tertiary/aromatic N) is 6. The van der Waals surface area contributed by atoms with Gasteiger partial charge in [0.2, 0.25) is 5.91 Å². The van der Waals surface area contributed by atoms with Crippen LogP contribution >= 0.6 is 11.3 Å². The number of piperazine rings is 1. The van der Waals surface area contributed by atoms with Crippen LogP contribution in [-0.2, 0) is 16.1 Å². The van der Waals surface area contributed by atoms with E-state index in [4.69, 9.17) is 14.7 Å². The summed E-state index contributed by atoms with van der Waals surface area (Å²) in [6.07, 6.45) is 1.84. The van der Waals surface area contributed by atoms with Gasteiger partial charge >= 0.3 is 0 Å². The number of ether oxygens (including phenoxy) is 1. The second-order valence-corrected chi connectivity index (χ2v) is 12.4. The maximum atomic E-state index is 12.4. The Morgan fingerprint density at radius 2 is 1.76 bits per heavy atom. The standard InChI is InChI=1S/C31H38N8O2S/c1-31(2,30(40)32-3)39-13-11-37(12-14-39)21-24-19-25-27(42-24)29(38-15-17-41-18-16-38)36-28(35-25)22-9-10-26(33-20-22)34-23-7-5-4-6-8-23/h4-10,19-20H,11-18,21H2,1-3H3,(H,32,40)(H,33,34). The number of fused-ring (bicyclic) bond motifs is 1. The number of para-hydroxylation sites is 1. The van der Waals surface area contributed by atoms with Crippen molar-refractivity contribution in [1.29, 1.82) is 0 Å². The number of likely N-dealkylation sites (N-methyl/N-ethyl adjacent to an activating group) is 1. The first-order valence-electron chi connectivity index (χ1n) is 14.5. The molecule has 0 atom stereocenters. The topological polar surface area (TPSA) is 98.8 Å². The average Bonchev–Trinajstić information content (AvgIpc) is 3.44. The third kappa shape index (κ3) is 6.10. The summed E-state index contributed by atoms with van der Waals surface area (Å²) in [5, 5.41) is 6.14. The van der Waals surface area contributed by atoms with Gasteiger partial charge in [0.05, 0.1) is 29.0 Å². The molecule has 0 aliphatic carbocycles. The number of amides is 1. The Balaban J connectivity index is 1.23. The molecule has 220 valence electrons. The Morgan fingerprint density at radius 3 is 2.45 bits per heavy atom. The number of rotatable bonds is 8. The Labute approximate surface area is 250 Å². The van der Waals surface area contributed by atoms with Gasteiger partial charge in [-0.25, -0.2) is 15.0 Å². The van der Waals surface area contributed by atoms with Gasteiger partial charge in [-0.15, -0.1) is 11.3 Å². The molecule has 4 aromatic rings. The highest BCUT2D eigenvalue weighted by Gasteiger charge is 2.35. The Hall–Kier alpha value is -3.64. The number of benzene rings is 1. The van der Waals surface area contributed by atoms with Gasteiger partial charge in [0.15, 0.2) is 11.6 Å². The summed E-state index contributed by atoms with van der Waals surface area (Å²) in [7, 11) is 1.70. The molecular formula is C31H38N8O2S. The molecule has 2 saturated heterocycles. The van der Waals surface area contributed by atoms with Crippen LogP contribution in [0.15, 0.2) is 54.7 Å². The Bertz CT molecular complexity index is 1510. The first kappa shape index (κ1) is 28.5. The summed E-state index contributed by atoms with van der Waals surface area (Å²) >= 11 is 1.78. The lowest BCUT2D eigenvalue weighted by atomic mass is 10.0. The third-order valence-corrected chi connectivity index (χ3v) is 9.21. The van der Waals surface area contributed by atoms with Crippen molar-refractivity contribution in [2.24, 2.45) is 0 Å². The largest absolute Gasteiger partial charge is 0.378 e. The van der Waals surface area contributed by atoms with Crippen molar-refractivity contribution in [2.75, 3.05) is 69.7 Å². The van der Waals surface area contributed by atoms with Gasteiger partial charge in [0.1, 0.15) is 5.82 Å². The molecule has 1 amide bonds. The van der Waals surface area contributed by atoms with Crippen molar-refractivity contribution in [3.8, 4) is 11.4 Å². The van der Waals surface area contributed by atoms with Crippen molar-refractivity contribution in [2.45, 2.75) is 25.9 Å². The number of anilines is 3. The number of hydrogen-bond acceptors (Lipinski definition) is 10. The maximum absolute atomic E-state index is 12.4. The lowest BCUT2D eigenvalue weighted by molar-refractivity contribution is -0.132. The normalized spacial score (nSPS) is 17.0. The smallest absolute Gasteiger partial charge is 0.239 e. The van der Waals surface area contributed by atoms with Crippen LogP contribution in [0.25, 0.3) is 21.6 Å². The average molecular weight is 587 g/mol. The van der Waals surface area contributed by atoms with Gasteiger partial charge in [-0.05, 0) is 44.2 Å². The van der Waals surface area contributed by atoms with Crippen LogP contribution in [0, 0.1) is 0 Å². The van der Waals surface area contributed by atoms with Crippen LogP contribution in [0.2, 0.25) is 0 Å². The molecule has 10 nitrogen and oxygen atoms in total. The summed E-state index contributed by atoms with van der Waals surface area (Å²) in [6.45, 7) is 11.4. The summed E-state index contributed by atoms with van der Waals surface area (Å²) in [5.41, 5.74) is 2.33. The second-order valence-electron chi connectivity index (χ2n) is 11.2. The van der Waals surface area contributed by atoms with E-state index in [-0.39, 0.29) is 5.91 Å². The maximum Gasteiger partial charge on any atom is 0.239 e. The van der Waals surface area contributed by atoms with E-state index in [9.17, 15) is 4.79 Å². The minimum Gasteiger partial charge on any atom is -0.378 e. The summed E-state index contributed by atoms with van der Waals surface area (Å²) in [4.78, 5) is 35.4. The van der Waals surface area contributed by atoms with E-state index >= 15 is 0 Å². The van der Waals surface area contributed by atoms with Gasteiger partial charge in [0, 0.05) is 75.2 Å². The van der Waals surface area contributed by atoms with E-state index in [1.165, 1.54) is 4.88 Å². The molecule has 2 aliphatic rings. The first-order valence-corrected chi connectivity index (χ1v) is 15.3. The molecule has 0 saturated carbocycles. The van der Waals surface area contributed by atoms with Crippen molar-refractivity contribution in [1.82, 2.24) is 30.1 Å². The van der Waals surface area contributed by atoms with Crippen LogP contribution in [0.3, 0.4) is 0 Å². The van der Waals surface area contributed by atoms with Gasteiger partial charge in [-0.1, -0.05) is 18.2 Å². The lowest BCUT2D eigenvalue weighted by Gasteiger charge is -2.42. The van der Waals surface area contributed by atoms with Crippen molar-refractivity contribution in [3.63, 3.8) is 0 Å². The molecule has 0 radical (unpaired) electrons. The van der Waals surface area contributed by atoms with E-state index < -0.39 is 5.54 Å². The summed E-state index contributed by atoms with van der Waals surface area (Å²) in [6, 6.07) is 16.2. The predicted molar refractivity (Wildman–Crippen MR) is 168 cm³/mol. The molecule has 2 fully saturated rings. The van der Waals surface area contributed by atoms with E-state index in [1.54, 1.807) is 18.4 Å². The minimum atomic E-state index is -0.512. The fourth-order valence-corrected chi connectivity index (χ4v) is 6.72. The number of carbonyl (C=O) groups is 1. The van der Waals surface area contributed by atoms with E-state index in [2.05, 4.69) is 36.4 Å². The molecule has 2 N–H and O–H groups in total. The highest BCUT2D eigenvalue weighted by molar-refractivity contribution is 7.19. The third-order valence-electron chi connectivity index (χ3n) is 8.11. The molecule has 1 aromatic carbocycles. The fourth-order valence-electron chi connectivity index (χ4n) is 5.57. The van der Waals surface area contributed by atoms with Crippen LogP contribution in [-0.4, -0.2) is 95.7 Å². The molecule has 0 bridgehead atoms. The van der Waals surface area contributed by atoms with E-state index in [0.717, 1.165) is 78.9 Å². The van der Waals surface area contributed by atoms with Crippen LogP contribution in [0.5, 0.6) is 0 Å².